The summed E-state index contributed by atoms with van der Waals surface area (Å²) in [7, 11) is 0. The summed E-state index contributed by atoms with van der Waals surface area (Å²) in [4.78, 5) is 37.8. The molecule has 5 heterocycles. The number of tetrazole rings is 1. The van der Waals surface area contributed by atoms with Crippen LogP contribution in [-0.4, -0.2) is 69.9 Å². The van der Waals surface area contributed by atoms with Crippen LogP contribution in [0.15, 0.2) is 183 Å². The van der Waals surface area contributed by atoms with Crippen LogP contribution in [0.3, 0.4) is 0 Å². The largest absolute Gasteiger partial charge is 0.382 e. The molecule has 0 aliphatic carbocycles. The number of imidazole rings is 2. The van der Waals surface area contributed by atoms with Gasteiger partial charge in [-0.3, -0.25) is 4.79 Å². The number of carbonyl (C=O) groups is 1. The van der Waals surface area contributed by atoms with Gasteiger partial charge >= 0.3 is 0 Å². The van der Waals surface area contributed by atoms with Crippen molar-refractivity contribution in [2.24, 2.45) is 0 Å². The predicted molar refractivity (Wildman–Crippen MR) is 332 cm³/mol. The molecule has 1 unspecified atom stereocenters. The third kappa shape index (κ3) is 16.6. The van der Waals surface area contributed by atoms with Crippen LogP contribution in [0.1, 0.15) is 133 Å². The molecular weight excluding hydrogens is 1080 g/mol. The van der Waals surface area contributed by atoms with Gasteiger partial charge in [0.1, 0.15) is 17.6 Å². The zero-order chi connectivity index (χ0) is 57.4. The Hall–Kier alpha value is -7.82. The molecule has 1 atom stereocenters. The standard InChI is InChI=1S/C26H20N4O.C25H19N7O.6C2H6.CH3I/c1-18-28-23-13-12-21(14-22(23)25(29-18)20-10-6-3-7-11-20)26(31)24-15-27-17-30(24)16-19-8-4-2-5-9-19;33-24(22-14-26-16-31(22)15-17-7-3-1-4-8-17)19-11-12-21-20(13-19)23(18-9-5-2-6-10-18)27-25-28-29-30-32(21)25;7*1-2/h2-15,17H,16H2,1H3;1-14,16,24,33H,15H2;6*1-2H3;1H3. The van der Waals surface area contributed by atoms with E-state index in [1.165, 1.54) is 0 Å². The van der Waals surface area contributed by atoms with Crippen LogP contribution in [0, 0.1) is 6.92 Å². The highest BCUT2D eigenvalue weighted by Gasteiger charge is 2.20. The van der Waals surface area contributed by atoms with E-state index < -0.39 is 6.10 Å². The Morgan fingerprint density at radius 1 is 0.551 bits per heavy atom. The van der Waals surface area contributed by atoms with Gasteiger partial charge in [-0.2, -0.15) is 4.52 Å². The fraction of sp³-hybridized carbons (Fsp3) is 0.266. The summed E-state index contributed by atoms with van der Waals surface area (Å²) in [5.74, 6) is 1.05. The summed E-state index contributed by atoms with van der Waals surface area (Å²) < 4.78 is 5.45. The van der Waals surface area contributed by atoms with Gasteiger partial charge in [-0.25, -0.2) is 24.9 Å². The van der Waals surface area contributed by atoms with Crippen LogP contribution in [0.25, 0.3) is 50.1 Å². The molecule has 0 saturated carbocycles. The molecule has 1 N–H and O–H groups in total. The van der Waals surface area contributed by atoms with Gasteiger partial charge in [-0.1, -0.05) is 238 Å². The number of aryl methyl sites for hydroxylation is 1. The first-order valence-electron chi connectivity index (χ1n) is 27.1. The Balaban J connectivity index is 0.000000336. The first-order valence-corrected chi connectivity index (χ1v) is 29.2. The van der Waals surface area contributed by atoms with Crippen molar-refractivity contribution in [2.45, 2.75) is 109 Å². The minimum Gasteiger partial charge on any atom is -0.382 e. The first-order chi connectivity index (χ1) is 38.5. The summed E-state index contributed by atoms with van der Waals surface area (Å²) in [6.07, 6.45) is 5.92. The van der Waals surface area contributed by atoms with Gasteiger partial charge in [0, 0.05) is 40.6 Å². The molecule has 78 heavy (non-hydrogen) atoms. The molecule has 0 spiro atoms. The predicted octanol–water partition coefficient (Wildman–Crippen LogP) is 16.0. The SMILES string of the molecule is CC.CC.CC.CC.CC.CC.CI.Cc1nc(-c2ccccc2)c2cc(C(=O)c3cncn3Cc3ccccc3)ccc2n1.OC(c1ccc2c(c1)c(-c1ccccc1)nc1nnnn12)c1cncn1Cc1ccccc1. The van der Waals surface area contributed by atoms with E-state index in [9.17, 15) is 9.90 Å². The Kier molecular flexibility index (Phi) is 29.3. The van der Waals surface area contributed by atoms with Gasteiger partial charge < -0.3 is 14.2 Å². The number of aromatic nitrogens is 11. The summed E-state index contributed by atoms with van der Waals surface area (Å²) >= 11 is 2.15. The third-order valence-corrected chi connectivity index (χ3v) is 11.0. The van der Waals surface area contributed by atoms with Gasteiger partial charge in [-0.05, 0) is 69.3 Å². The van der Waals surface area contributed by atoms with Crippen molar-refractivity contribution in [1.29, 1.82) is 0 Å². The average molecular weight is 1160 g/mol. The number of aliphatic hydroxyl groups is 1. The molecule has 0 radical (unpaired) electrons. The fourth-order valence-electron chi connectivity index (χ4n) is 7.89. The second-order valence-corrected chi connectivity index (χ2v) is 15.3. The lowest BCUT2D eigenvalue weighted by Gasteiger charge is -2.16. The van der Waals surface area contributed by atoms with E-state index in [4.69, 9.17) is 4.98 Å². The van der Waals surface area contributed by atoms with Crippen LogP contribution in [-0.2, 0) is 13.1 Å². The molecule has 0 amide bonds. The third-order valence-electron chi connectivity index (χ3n) is 11.0. The Morgan fingerprint density at radius 2 is 1.05 bits per heavy atom. The van der Waals surface area contributed by atoms with E-state index in [0.717, 1.165) is 66.7 Å². The van der Waals surface area contributed by atoms with Crippen LogP contribution in [0.5, 0.6) is 0 Å². The monoisotopic (exact) mass is 1160 g/mol. The zero-order valence-corrected chi connectivity index (χ0v) is 50.1. The molecule has 5 aromatic heterocycles. The number of ketones is 1. The molecule has 408 valence electrons. The average Bonchev–Trinajstić information content (AvgIpc) is 4.41. The number of alkyl halides is 1. The summed E-state index contributed by atoms with van der Waals surface area (Å²) in [5.41, 5.74) is 10.0. The fourth-order valence-corrected chi connectivity index (χ4v) is 7.89. The number of carbonyl (C=O) groups excluding carboxylic acids is 1. The van der Waals surface area contributed by atoms with Crippen LogP contribution < -0.4 is 0 Å². The highest BCUT2D eigenvalue weighted by molar-refractivity contribution is 14.1. The zero-order valence-electron chi connectivity index (χ0n) is 48.0. The van der Waals surface area contributed by atoms with Crippen molar-refractivity contribution in [3.8, 4) is 22.5 Å². The maximum Gasteiger partial charge on any atom is 0.274 e. The van der Waals surface area contributed by atoms with E-state index in [0.29, 0.717) is 35.9 Å². The molecular formula is C64H78IN11O2. The number of fused-ring (bicyclic) bond motifs is 4. The molecule has 0 aliphatic rings. The summed E-state index contributed by atoms with van der Waals surface area (Å²) in [6.45, 7) is 27.1. The second kappa shape index (κ2) is 35.5. The number of hydrogen-bond acceptors (Lipinski definition) is 10. The first kappa shape index (κ1) is 64.5. The van der Waals surface area contributed by atoms with Crippen LogP contribution in [0.4, 0.5) is 0 Å². The van der Waals surface area contributed by atoms with E-state index >= 15 is 0 Å². The summed E-state index contributed by atoms with van der Waals surface area (Å²) in [6, 6.07) is 51.4. The van der Waals surface area contributed by atoms with E-state index in [1.54, 1.807) is 29.6 Å². The second-order valence-electron chi connectivity index (χ2n) is 15.3. The normalized spacial score (nSPS) is 10.2. The molecule has 0 saturated heterocycles. The van der Waals surface area contributed by atoms with Crippen molar-refractivity contribution in [2.75, 3.05) is 4.93 Å². The van der Waals surface area contributed by atoms with Gasteiger partial charge in [0.2, 0.25) is 5.78 Å². The van der Waals surface area contributed by atoms with Crippen LogP contribution >= 0.6 is 22.6 Å². The number of rotatable bonds is 10. The smallest absolute Gasteiger partial charge is 0.274 e. The minimum atomic E-state index is -0.853. The van der Waals surface area contributed by atoms with Crippen molar-refractivity contribution >= 4 is 56.0 Å². The number of hydrogen-bond donors (Lipinski definition) is 1. The van der Waals surface area contributed by atoms with Gasteiger partial charge in [0.05, 0.1) is 53.2 Å². The highest BCUT2D eigenvalue weighted by Crippen LogP contribution is 2.32. The number of nitrogens with zero attached hydrogens (tertiary/aromatic N) is 11. The van der Waals surface area contributed by atoms with E-state index in [2.05, 4.69) is 70.2 Å². The quantitative estimate of drug-likeness (QED) is 0.0795. The number of benzene rings is 6. The van der Waals surface area contributed by atoms with Crippen molar-refractivity contribution in [3.63, 3.8) is 0 Å². The highest BCUT2D eigenvalue weighted by atomic mass is 127. The lowest BCUT2D eigenvalue weighted by molar-refractivity contribution is 0.103. The molecule has 14 heteroatoms. The molecule has 13 nitrogen and oxygen atoms in total. The maximum absolute atomic E-state index is 13.4. The lowest BCUT2D eigenvalue weighted by atomic mass is 10.0. The molecule has 11 rings (SSSR count). The molecule has 0 fully saturated rings. The lowest BCUT2D eigenvalue weighted by Crippen LogP contribution is -2.10. The molecule has 0 bridgehead atoms. The molecule has 0 aliphatic heterocycles. The number of halogens is 1. The molecule has 11 aromatic rings. The number of aliphatic hydroxyl groups excluding tert-OH is 1. The van der Waals surface area contributed by atoms with E-state index in [-0.39, 0.29) is 5.78 Å². The Morgan fingerprint density at radius 3 is 1.62 bits per heavy atom. The topological polar surface area (TPSA) is 155 Å². The van der Waals surface area contributed by atoms with Gasteiger partial charge in [0.25, 0.3) is 5.78 Å². The van der Waals surface area contributed by atoms with Crippen molar-refractivity contribution in [3.05, 3.63) is 222 Å². The minimum absolute atomic E-state index is 0.0742. The van der Waals surface area contributed by atoms with Gasteiger partial charge in [0.15, 0.2) is 0 Å². The Bertz CT molecular complexity index is 3400. The summed E-state index contributed by atoms with van der Waals surface area (Å²) in [5, 5.41) is 24.9. The Labute approximate surface area is 476 Å². The van der Waals surface area contributed by atoms with Crippen LogP contribution in [0.2, 0.25) is 0 Å². The van der Waals surface area contributed by atoms with Gasteiger partial charge in [-0.15, -0.1) is 0 Å². The van der Waals surface area contributed by atoms with Crippen molar-refractivity contribution < 1.29 is 9.90 Å². The van der Waals surface area contributed by atoms with E-state index in [1.807, 2.05) is 250 Å². The van der Waals surface area contributed by atoms with Crippen molar-refractivity contribution in [1.82, 2.24) is 54.1 Å². The molecule has 6 aromatic carbocycles. The maximum atomic E-state index is 13.4.